The summed E-state index contributed by atoms with van der Waals surface area (Å²) in [6, 6.07) is 9.52. The zero-order valence-corrected chi connectivity index (χ0v) is 31.0. The van der Waals surface area contributed by atoms with Gasteiger partial charge in [0.05, 0.1) is 13.2 Å². The average molecular weight is 691 g/mol. The molecule has 1 heterocycles. The van der Waals surface area contributed by atoms with Crippen LogP contribution in [0, 0.1) is 0 Å². The van der Waals surface area contributed by atoms with E-state index in [1.165, 1.54) is 96.3 Å². The molecule has 0 radical (unpaired) electrons. The molecule has 1 aliphatic rings. The van der Waals surface area contributed by atoms with Crippen molar-refractivity contribution >= 4 is 11.9 Å². The molecule has 1 fully saturated rings. The molecule has 0 unspecified atom stereocenters. The number of carbonyl (C=O) groups is 2. The molecule has 0 spiro atoms. The molecule has 0 amide bonds. The zero-order chi connectivity index (χ0) is 35.4. The number of aliphatic hydroxyl groups excluding tert-OH is 2. The summed E-state index contributed by atoms with van der Waals surface area (Å²) in [5.41, 5.74) is 0.890. The van der Waals surface area contributed by atoms with Crippen LogP contribution in [0.5, 0.6) is 0 Å². The van der Waals surface area contributed by atoms with Crippen LogP contribution in [-0.4, -0.2) is 59.5 Å². The third-order valence-corrected chi connectivity index (χ3v) is 9.58. The van der Waals surface area contributed by atoms with Gasteiger partial charge in [0.15, 0.2) is 18.5 Å². The maximum absolute atomic E-state index is 13.1. The number of hydrogen-bond donors (Lipinski definition) is 2. The number of rotatable bonds is 30. The van der Waals surface area contributed by atoms with Crippen LogP contribution in [0.1, 0.15) is 174 Å². The molecule has 8 heteroatoms. The van der Waals surface area contributed by atoms with E-state index in [4.69, 9.17) is 18.9 Å². The lowest BCUT2D eigenvalue weighted by molar-refractivity contribution is -0.302. The quantitative estimate of drug-likeness (QED) is 0.0607. The third kappa shape index (κ3) is 19.8. The normalized spacial score (nSPS) is 20.7. The van der Waals surface area contributed by atoms with Gasteiger partial charge < -0.3 is 29.2 Å². The van der Waals surface area contributed by atoms with Crippen LogP contribution in [0.3, 0.4) is 0 Å². The van der Waals surface area contributed by atoms with Gasteiger partial charge in [-0.2, -0.15) is 0 Å². The summed E-state index contributed by atoms with van der Waals surface area (Å²) >= 11 is 0. The minimum atomic E-state index is -1.56. The van der Waals surface area contributed by atoms with E-state index in [-0.39, 0.29) is 19.4 Å². The Balaban J connectivity index is 1.86. The molecule has 0 aromatic heterocycles. The van der Waals surface area contributed by atoms with Crippen molar-refractivity contribution in [3.05, 3.63) is 35.9 Å². The number of aliphatic hydroxyl groups is 2. The number of ether oxygens (including phenoxy) is 4. The van der Waals surface area contributed by atoms with E-state index in [0.29, 0.717) is 12.8 Å². The fourth-order valence-corrected chi connectivity index (χ4v) is 6.56. The van der Waals surface area contributed by atoms with Crippen LogP contribution in [0.25, 0.3) is 0 Å². The van der Waals surface area contributed by atoms with Crippen LogP contribution < -0.4 is 0 Å². The highest BCUT2D eigenvalue weighted by molar-refractivity contribution is 5.70. The van der Waals surface area contributed by atoms with Gasteiger partial charge in [-0.05, 0) is 18.4 Å². The van der Waals surface area contributed by atoms with E-state index in [1.807, 2.05) is 30.3 Å². The molecule has 8 nitrogen and oxygen atoms in total. The molecule has 1 aromatic rings. The van der Waals surface area contributed by atoms with Crippen LogP contribution in [-0.2, 0) is 35.1 Å². The molecular formula is C41H70O8. The Morgan fingerprint density at radius 2 is 1.00 bits per heavy atom. The average Bonchev–Trinajstić information content (AvgIpc) is 3.10. The highest BCUT2D eigenvalue weighted by atomic mass is 16.7. The second-order valence-electron chi connectivity index (χ2n) is 14.0. The lowest BCUT2D eigenvalue weighted by Gasteiger charge is -2.43. The summed E-state index contributed by atoms with van der Waals surface area (Å²) in [6.45, 7) is 4.19. The summed E-state index contributed by atoms with van der Waals surface area (Å²) in [4.78, 5) is 26.1. The first-order valence-electron chi connectivity index (χ1n) is 20.0. The summed E-state index contributed by atoms with van der Waals surface area (Å²) in [6.07, 6.45) is 20.4. The van der Waals surface area contributed by atoms with E-state index in [2.05, 4.69) is 13.8 Å². The number of benzene rings is 1. The van der Waals surface area contributed by atoms with E-state index >= 15 is 0 Å². The molecule has 0 aliphatic carbocycles. The lowest BCUT2D eigenvalue weighted by Crippen LogP contribution is -2.61. The monoisotopic (exact) mass is 691 g/mol. The standard InChI is InChI=1S/C41H70O8/c1-3-5-7-9-11-13-15-17-19-21-26-30-36(43)48-39-38(46-33-34-28-24-23-25-29-34)35(32-42)47-41(45)40(39)49-37(44)31-27-22-20-18-16-14-12-10-8-6-4-2/h23-25,28-29,35,38-42,45H,3-22,26-27,30-33H2,1-2H3/t35-,38-,39+,40-,41+/m1/s1. The van der Waals surface area contributed by atoms with Crippen molar-refractivity contribution in [1.82, 2.24) is 0 Å². The number of unbranched alkanes of at least 4 members (excludes halogenated alkanes) is 20. The largest absolute Gasteiger partial charge is 0.455 e. The Kier molecular flexibility index (Phi) is 25.3. The first-order chi connectivity index (χ1) is 24.0. The summed E-state index contributed by atoms with van der Waals surface area (Å²) in [7, 11) is 0. The predicted octanol–water partition coefficient (Wildman–Crippen LogP) is 9.51. The van der Waals surface area contributed by atoms with Crippen molar-refractivity contribution < 1.29 is 38.7 Å². The first-order valence-corrected chi connectivity index (χ1v) is 20.0. The van der Waals surface area contributed by atoms with Crippen molar-refractivity contribution in [1.29, 1.82) is 0 Å². The van der Waals surface area contributed by atoms with E-state index in [9.17, 15) is 19.8 Å². The maximum Gasteiger partial charge on any atom is 0.306 e. The fourth-order valence-electron chi connectivity index (χ4n) is 6.56. The third-order valence-electron chi connectivity index (χ3n) is 9.58. The van der Waals surface area contributed by atoms with E-state index in [1.54, 1.807) is 0 Å². The molecule has 2 N–H and O–H groups in total. The number of esters is 2. The van der Waals surface area contributed by atoms with Crippen LogP contribution in [0.2, 0.25) is 0 Å². The molecule has 5 atom stereocenters. The van der Waals surface area contributed by atoms with Crippen LogP contribution >= 0.6 is 0 Å². The highest BCUT2D eigenvalue weighted by Crippen LogP contribution is 2.29. The number of carbonyl (C=O) groups excluding carboxylic acids is 2. The van der Waals surface area contributed by atoms with Crippen molar-refractivity contribution in [2.24, 2.45) is 0 Å². The summed E-state index contributed by atoms with van der Waals surface area (Å²) < 4.78 is 23.5. The number of hydrogen-bond acceptors (Lipinski definition) is 8. The molecule has 1 saturated heterocycles. The predicted molar refractivity (Wildman–Crippen MR) is 195 cm³/mol. The smallest absolute Gasteiger partial charge is 0.306 e. The van der Waals surface area contributed by atoms with Gasteiger partial charge in [0.25, 0.3) is 0 Å². The SMILES string of the molecule is CCCCCCCCCCCCCC(=O)O[C@@H]1[C@@H](OC(=O)CCCCCCCCCCCCC)[C@@H](O)O[C@H](CO)[C@H]1OCc1ccccc1. The summed E-state index contributed by atoms with van der Waals surface area (Å²) in [5.74, 6) is -0.911. The van der Waals surface area contributed by atoms with E-state index in [0.717, 1.165) is 37.7 Å². The Labute approximate surface area is 298 Å². The molecule has 49 heavy (non-hydrogen) atoms. The van der Waals surface area contributed by atoms with Crippen molar-refractivity contribution in [3.8, 4) is 0 Å². The van der Waals surface area contributed by atoms with Crippen molar-refractivity contribution in [2.45, 2.75) is 205 Å². The first kappa shape index (κ1) is 43.2. The van der Waals surface area contributed by atoms with Crippen molar-refractivity contribution in [3.63, 3.8) is 0 Å². The Hall–Kier alpha value is -2.00. The Morgan fingerprint density at radius 3 is 1.43 bits per heavy atom. The second kappa shape index (κ2) is 28.7. The van der Waals surface area contributed by atoms with E-state index < -0.39 is 49.3 Å². The van der Waals surface area contributed by atoms with Gasteiger partial charge in [0.2, 0.25) is 0 Å². The van der Waals surface area contributed by atoms with Crippen LogP contribution in [0.4, 0.5) is 0 Å². The van der Waals surface area contributed by atoms with Gasteiger partial charge in [-0.1, -0.05) is 173 Å². The molecule has 1 aromatic carbocycles. The minimum absolute atomic E-state index is 0.174. The van der Waals surface area contributed by atoms with Gasteiger partial charge in [-0.25, -0.2) is 0 Å². The molecule has 1 aliphatic heterocycles. The zero-order valence-electron chi connectivity index (χ0n) is 31.0. The van der Waals surface area contributed by atoms with Crippen molar-refractivity contribution in [2.75, 3.05) is 6.61 Å². The molecular weight excluding hydrogens is 620 g/mol. The summed E-state index contributed by atoms with van der Waals surface area (Å²) in [5, 5.41) is 21.0. The second-order valence-corrected chi connectivity index (χ2v) is 14.0. The Bertz CT molecular complexity index is 941. The van der Waals surface area contributed by atoms with Crippen LogP contribution in [0.15, 0.2) is 30.3 Å². The van der Waals surface area contributed by atoms with Gasteiger partial charge in [0, 0.05) is 12.8 Å². The fraction of sp³-hybridized carbons (Fsp3) is 0.805. The van der Waals surface area contributed by atoms with Gasteiger partial charge >= 0.3 is 11.9 Å². The van der Waals surface area contributed by atoms with Gasteiger partial charge in [0.1, 0.15) is 12.2 Å². The minimum Gasteiger partial charge on any atom is -0.455 e. The molecule has 0 saturated carbocycles. The van der Waals surface area contributed by atoms with Gasteiger partial charge in [-0.3, -0.25) is 9.59 Å². The highest BCUT2D eigenvalue weighted by Gasteiger charge is 2.50. The maximum atomic E-state index is 13.1. The molecule has 0 bridgehead atoms. The molecule has 2 rings (SSSR count). The van der Waals surface area contributed by atoms with Gasteiger partial charge in [-0.15, -0.1) is 0 Å². The Morgan fingerprint density at radius 1 is 0.592 bits per heavy atom. The topological polar surface area (TPSA) is 112 Å². The lowest BCUT2D eigenvalue weighted by atomic mass is 9.98. The molecule has 282 valence electrons.